The summed E-state index contributed by atoms with van der Waals surface area (Å²) in [5.74, 6) is -0.781. The molecule has 3 aromatic rings. The number of nitro benzene ring substituents is 1. The Morgan fingerprint density at radius 1 is 1.29 bits per heavy atom. The van der Waals surface area contributed by atoms with Crippen LogP contribution < -0.4 is 5.32 Å². The smallest absolute Gasteiger partial charge is 0.297 e. The molecule has 1 N–H and O–H groups in total. The van der Waals surface area contributed by atoms with Gasteiger partial charge < -0.3 is 0 Å². The number of carbonyl (C=O) groups is 1. The molecule has 0 aliphatic heterocycles. The fraction of sp³-hybridized carbons (Fsp3) is 0.0833. The normalized spacial score (nSPS) is 11.6. The SMILES string of the molecule is O=C(Nc1nc2ccc([N+](=O)[O-])cc2s1)c1cnc(C(F)(F)F)s1. The highest BCUT2D eigenvalue weighted by atomic mass is 32.1. The van der Waals surface area contributed by atoms with Crippen molar-refractivity contribution in [1.82, 2.24) is 9.97 Å². The highest BCUT2D eigenvalue weighted by molar-refractivity contribution is 7.22. The molecule has 7 nitrogen and oxygen atoms in total. The molecule has 1 amide bonds. The van der Waals surface area contributed by atoms with Crippen molar-refractivity contribution in [2.75, 3.05) is 5.32 Å². The molecule has 12 heteroatoms. The second-order valence-electron chi connectivity index (χ2n) is 4.41. The maximum atomic E-state index is 12.5. The van der Waals surface area contributed by atoms with Gasteiger partial charge in [-0.3, -0.25) is 20.2 Å². The van der Waals surface area contributed by atoms with Crippen molar-refractivity contribution in [2.45, 2.75) is 6.18 Å². The van der Waals surface area contributed by atoms with Gasteiger partial charge in [0.2, 0.25) is 0 Å². The monoisotopic (exact) mass is 374 g/mol. The van der Waals surface area contributed by atoms with Gasteiger partial charge in [-0.15, -0.1) is 11.3 Å². The number of hydrogen-bond acceptors (Lipinski definition) is 7. The van der Waals surface area contributed by atoms with Gasteiger partial charge in [0.15, 0.2) is 10.1 Å². The zero-order chi connectivity index (χ0) is 17.5. The van der Waals surface area contributed by atoms with Crippen LogP contribution in [0.5, 0.6) is 0 Å². The summed E-state index contributed by atoms with van der Waals surface area (Å²) in [6.07, 6.45) is -3.78. The first-order chi connectivity index (χ1) is 11.2. The van der Waals surface area contributed by atoms with E-state index in [1.165, 1.54) is 18.2 Å². The van der Waals surface area contributed by atoms with Gasteiger partial charge in [-0.25, -0.2) is 9.97 Å². The topological polar surface area (TPSA) is 98.0 Å². The number of aromatic nitrogens is 2. The second kappa shape index (κ2) is 5.79. The quantitative estimate of drug-likeness (QED) is 0.553. The van der Waals surface area contributed by atoms with Gasteiger partial charge in [0.05, 0.1) is 21.3 Å². The number of rotatable bonds is 3. The van der Waals surface area contributed by atoms with Gasteiger partial charge >= 0.3 is 6.18 Å². The molecule has 0 aliphatic carbocycles. The first kappa shape index (κ1) is 16.3. The number of thiazole rings is 2. The van der Waals surface area contributed by atoms with Gasteiger partial charge in [0, 0.05) is 12.1 Å². The Labute approximate surface area is 138 Å². The molecular formula is C12H5F3N4O3S2. The third kappa shape index (κ3) is 3.19. The van der Waals surface area contributed by atoms with Crippen molar-refractivity contribution >= 4 is 49.6 Å². The predicted molar refractivity (Wildman–Crippen MR) is 81.3 cm³/mol. The molecule has 2 heterocycles. The molecule has 24 heavy (non-hydrogen) atoms. The van der Waals surface area contributed by atoms with E-state index in [4.69, 9.17) is 0 Å². The van der Waals surface area contributed by atoms with Crippen LogP contribution in [0.3, 0.4) is 0 Å². The molecule has 0 saturated carbocycles. The number of fused-ring (bicyclic) bond motifs is 1. The third-order valence-electron chi connectivity index (χ3n) is 2.78. The predicted octanol–water partition coefficient (Wildman–Crippen LogP) is 3.93. The molecule has 2 aromatic heterocycles. The molecule has 0 aliphatic rings. The van der Waals surface area contributed by atoms with E-state index in [1.54, 1.807) is 0 Å². The molecule has 124 valence electrons. The summed E-state index contributed by atoms with van der Waals surface area (Å²) < 4.78 is 37.9. The molecule has 0 bridgehead atoms. The Kier molecular flexibility index (Phi) is 3.93. The summed E-state index contributed by atoms with van der Waals surface area (Å²) in [5, 5.41) is 12.1. The number of hydrogen-bond donors (Lipinski definition) is 1. The number of carbonyl (C=O) groups excluding carboxylic acids is 1. The molecular weight excluding hydrogens is 369 g/mol. The first-order valence-electron chi connectivity index (χ1n) is 6.13. The zero-order valence-corrected chi connectivity index (χ0v) is 13.0. The number of non-ortho nitro benzene ring substituents is 1. The Hall–Kier alpha value is -2.60. The van der Waals surface area contributed by atoms with Gasteiger partial charge in [-0.1, -0.05) is 11.3 Å². The summed E-state index contributed by atoms with van der Waals surface area (Å²) >= 11 is 1.20. The fourth-order valence-corrected chi connectivity index (χ4v) is 3.32. The minimum Gasteiger partial charge on any atom is -0.297 e. The minimum absolute atomic E-state index is 0.123. The molecule has 3 rings (SSSR count). The highest BCUT2D eigenvalue weighted by Crippen LogP contribution is 2.33. The molecule has 0 spiro atoms. The van der Waals surface area contributed by atoms with Crippen LogP contribution in [0.4, 0.5) is 24.0 Å². The largest absolute Gasteiger partial charge is 0.443 e. The molecule has 0 atom stereocenters. The number of halogens is 3. The highest BCUT2D eigenvalue weighted by Gasteiger charge is 2.35. The van der Waals surface area contributed by atoms with Crippen LogP contribution in [0.2, 0.25) is 0 Å². The first-order valence-corrected chi connectivity index (χ1v) is 7.77. The van der Waals surface area contributed by atoms with E-state index in [-0.39, 0.29) is 27.0 Å². The maximum Gasteiger partial charge on any atom is 0.443 e. The lowest BCUT2D eigenvalue weighted by Gasteiger charge is -1.99. The van der Waals surface area contributed by atoms with Crippen molar-refractivity contribution < 1.29 is 22.9 Å². The van der Waals surface area contributed by atoms with Crippen LogP contribution in [-0.2, 0) is 6.18 Å². The second-order valence-corrected chi connectivity index (χ2v) is 6.47. The number of nitro groups is 1. The van der Waals surface area contributed by atoms with E-state index < -0.39 is 22.0 Å². The van der Waals surface area contributed by atoms with E-state index in [0.717, 1.165) is 17.5 Å². The van der Waals surface area contributed by atoms with E-state index >= 15 is 0 Å². The maximum absolute atomic E-state index is 12.5. The number of benzene rings is 1. The van der Waals surface area contributed by atoms with E-state index in [2.05, 4.69) is 15.3 Å². The van der Waals surface area contributed by atoms with Crippen LogP contribution in [0.1, 0.15) is 14.7 Å². The van der Waals surface area contributed by atoms with E-state index in [1.807, 2.05) is 0 Å². The van der Waals surface area contributed by atoms with Crippen molar-refractivity contribution in [1.29, 1.82) is 0 Å². The Balaban J connectivity index is 1.82. The average Bonchev–Trinajstić information content (AvgIpc) is 3.12. The molecule has 0 fully saturated rings. The lowest BCUT2D eigenvalue weighted by molar-refractivity contribution is -0.384. The number of nitrogens with zero attached hydrogens (tertiary/aromatic N) is 3. The molecule has 0 unspecified atom stereocenters. The standard InChI is InChI=1S/C12H5F3N4O3S2/c13-12(14,15)10-16-4-8(23-10)9(20)18-11-17-6-2-1-5(19(21)22)3-7(6)24-11/h1-4H,(H,17,18,20). The molecule has 0 radical (unpaired) electrons. The Morgan fingerprint density at radius 3 is 2.67 bits per heavy atom. The van der Waals surface area contributed by atoms with Gasteiger partial charge in [-0.2, -0.15) is 13.2 Å². The van der Waals surface area contributed by atoms with Crippen molar-refractivity contribution in [3.8, 4) is 0 Å². The molecule has 0 saturated heterocycles. The summed E-state index contributed by atoms with van der Waals surface area (Å²) in [5.41, 5.74) is 0.308. The molecule has 1 aromatic carbocycles. The summed E-state index contributed by atoms with van der Waals surface area (Å²) in [6, 6.07) is 4.00. The number of amides is 1. The van der Waals surface area contributed by atoms with Gasteiger partial charge in [0.1, 0.15) is 4.88 Å². The zero-order valence-electron chi connectivity index (χ0n) is 11.3. The average molecular weight is 374 g/mol. The minimum atomic E-state index is -4.61. The van der Waals surface area contributed by atoms with Crippen LogP contribution in [0, 0.1) is 10.1 Å². The van der Waals surface area contributed by atoms with Crippen LogP contribution in [0.25, 0.3) is 10.2 Å². The Bertz CT molecular complexity index is 951. The fourth-order valence-electron chi connectivity index (χ4n) is 1.75. The van der Waals surface area contributed by atoms with Crippen molar-refractivity contribution in [2.24, 2.45) is 0 Å². The number of anilines is 1. The van der Waals surface area contributed by atoms with E-state index in [9.17, 15) is 28.1 Å². The van der Waals surface area contributed by atoms with Crippen LogP contribution in [-0.4, -0.2) is 20.8 Å². The Morgan fingerprint density at radius 2 is 2.04 bits per heavy atom. The van der Waals surface area contributed by atoms with Crippen molar-refractivity contribution in [3.63, 3.8) is 0 Å². The summed E-state index contributed by atoms with van der Waals surface area (Å²) in [6.45, 7) is 0. The van der Waals surface area contributed by atoms with Crippen molar-refractivity contribution in [3.05, 3.63) is 44.4 Å². The number of nitrogens with one attached hydrogen (secondary N) is 1. The lowest BCUT2D eigenvalue weighted by Crippen LogP contribution is -2.09. The van der Waals surface area contributed by atoms with Gasteiger partial charge in [0.25, 0.3) is 11.6 Å². The van der Waals surface area contributed by atoms with E-state index in [0.29, 0.717) is 10.2 Å². The van der Waals surface area contributed by atoms with Gasteiger partial charge in [-0.05, 0) is 6.07 Å². The van der Waals surface area contributed by atoms with Crippen LogP contribution in [0.15, 0.2) is 24.4 Å². The van der Waals surface area contributed by atoms with Crippen LogP contribution >= 0.6 is 22.7 Å². The third-order valence-corrected chi connectivity index (χ3v) is 4.75. The summed E-state index contributed by atoms with van der Waals surface area (Å²) in [4.78, 5) is 29.1. The summed E-state index contributed by atoms with van der Waals surface area (Å²) in [7, 11) is 0. The lowest BCUT2D eigenvalue weighted by atomic mass is 10.3. The number of alkyl halides is 3.